The van der Waals surface area contributed by atoms with Gasteiger partial charge in [-0.1, -0.05) is 0 Å². The van der Waals surface area contributed by atoms with E-state index in [4.69, 9.17) is 11.1 Å². The highest BCUT2D eigenvalue weighted by Gasteiger charge is 2.22. The Bertz CT molecular complexity index is 234. The third-order valence-corrected chi connectivity index (χ3v) is 2.78. The SMILES string of the molecule is CN1CCC(C(=O)NCCC(=N)N)CC1. The molecule has 0 unspecified atom stereocenters. The van der Waals surface area contributed by atoms with E-state index in [2.05, 4.69) is 17.3 Å². The molecule has 0 bridgehead atoms. The number of nitrogens with one attached hydrogen (secondary N) is 2. The number of amides is 1. The minimum absolute atomic E-state index is 0.115. The summed E-state index contributed by atoms with van der Waals surface area (Å²) in [5.74, 6) is 0.385. The fourth-order valence-corrected chi connectivity index (χ4v) is 1.74. The van der Waals surface area contributed by atoms with E-state index in [1.165, 1.54) is 0 Å². The second-order valence-electron chi connectivity index (χ2n) is 4.14. The maximum atomic E-state index is 11.6. The molecular weight excluding hydrogens is 192 g/mol. The lowest BCUT2D eigenvalue weighted by Gasteiger charge is -2.28. The molecule has 0 aromatic rings. The van der Waals surface area contributed by atoms with Gasteiger partial charge in [-0.05, 0) is 33.0 Å². The Morgan fingerprint density at radius 3 is 2.67 bits per heavy atom. The summed E-state index contributed by atoms with van der Waals surface area (Å²) < 4.78 is 0. The summed E-state index contributed by atoms with van der Waals surface area (Å²) in [4.78, 5) is 13.9. The van der Waals surface area contributed by atoms with Crippen molar-refractivity contribution in [1.82, 2.24) is 10.2 Å². The van der Waals surface area contributed by atoms with Crippen LogP contribution in [0.15, 0.2) is 0 Å². The fourth-order valence-electron chi connectivity index (χ4n) is 1.74. The summed E-state index contributed by atoms with van der Waals surface area (Å²) in [6.07, 6.45) is 2.31. The molecule has 1 aliphatic heterocycles. The first kappa shape index (κ1) is 12.0. The topological polar surface area (TPSA) is 82.2 Å². The molecule has 15 heavy (non-hydrogen) atoms. The van der Waals surface area contributed by atoms with Gasteiger partial charge in [0.2, 0.25) is 5.91 Å². The number of nitrogens with zero attached hydrogens (tertiary/aromatic N) is 1. The molecule has 1 heterocycles. The minimum atomic E-state index is 0.115. The summed E-state index contributed by atoms with van der Waals surface area (Å²) in [5.41, 5.74) is 5.20. The normalized spacial score (nSPS) is 18.7. The van der Waals surface area contributed by atoms with Crippen molar-refractivity contribution in [3.8, 4) is 0 Å². The van der Waals surface area contributed by atoms with Crippen LogP contribution in [0.5, 0.6) is 0 Å². The Morgan fingerprint density at radius 1 is 1.53 bits per heavy atom. The molecule has 1 saturated heterocycles. The lowest BCUT2D eigenvalue weighted by atomic mass is 9.96. The zero-order valence-corrected chi connectivity index (χ0v) is 9.25. The van der Waals surface area contributed by atoms with Gasteiger partial charge in [0.1, 0.15) is 0 Å². The third kappa shape index (κ3) is 4.29. The van der Waals surface area contributed by atoms with Gasteiger partial charge in [-0.15, -0.1) is 0 Å². The van der Waals surface area contributed by atoms with E-state index < -0.39 is 0 Å². The first-order valence-electron chi connectivity index (χ1n) is 5.38. The monoisotopic (exact) mass is 212 g/mol. The van der Waals surface area contributed by atoms with Crippen molar-refractivity contribution < 1.29 is 4.79 Å². The van der Waals surface area contributed by atoms with Crippen molar-refractivity contribution in [1.29, 1.82) is 5.41 Å². The van der Waals surface area contributed by atoms with Crippen LogP contribution in [0.1, 0.15) is 19.3 Å². The van der Waals surface area contributed by atoms with Gasteiger partial charge < -0.3 is 16.0 Å². The van der Waals surface area contributed by atoms with Crippen molar-refractivity contribution in [2.75, 3.05) is 26.7 Å². The number of piperidine rings is 1. The number of hydrogen-bond acceptors (Lipinski definition) is 3. The average Bonchev–Trinajstić information content (AvgIpc) is 2.18. The van der Waals surface area contributed by atoms with Gasteiger partial charge in [0.05, 0.1) is 5.84 Å². The summed E-state index contributed by atoms with van der Waals surface area (Å²) >= 11 is 0. The Labute approximate surface area is 90.5 Å². The molecule has 0 aliphatic carbocycles. The molecule has 1 fully saturated rings. The quantitative estimate of drug-likeness (QED) is 0.445. The van der Waals surface area contributed by atoms with E-state index in [1.807, 2.05) is 0 Å². The highest BCUT2D eigenvalue weighted by Crippen LogP contribution is 2.15. The molecule has 0 radical (unpaired) electrons. The number of rotatable bonds is 4. The first-order valence-corrected chi connectivity index (χ1v) is 5.38. The molecule has 1 rings (SSSR count). The number of amidine groups is 1. The molecule has 1 aliphatic rings. The maximum Gasteiger partial charge on any atom is 0.223 e. The molecule has 0 spiro atoms. The van der Waals surface area contributed by atoms with Crippen molar-refractivity contribution in [3.63, 3.8) is 0 Å². The Balaban J connectivity index is 2.19. The minimum Gasteiger partial charge on any atom is -0.388 e. The summed E-state index contributed by atoms with van der Waals surface area (Å²) in [7, 11) is 2.07. The lowest BCUT2D eigenvalue weighted by Crippen LogP contribution is -2.39. The van der Waals surface area contributed by atoms with Gasteiger partial charge in [-0.2, -0.15) is 0 Å². The van der Waals surface area contributed by atoms with E-state index >= 15 is 0 Å². The number of nitrogens with two attached hydrogens (primary N) is 1. The number of likely N-dealkylation sites (tertiary alicyclic amines) is 1. The van der Waals surface area contributed by atoms with Crippen LogP contribution >= 0.6 is 0 Å². The molecule has 0 aromatic heterocycles. The third-order valence-electron chi connectivity index (χ3n) is 2.78. The maximum absolute atomic E-state index is 11.6. The fraction of sp³-hybridized carbons (Fsp3) is 0.800. The number of carbonyl (C=O) groups is 1. The zero-order valence-electron chi connectivity index (χ0n) is 9.25. The lowest BCUT2D eigenvalue weighted by molar-refractivity contribution is -0.126. The van der Waals surface area contributed by atoms with Gasteiger partial charge in [-0.25, -0.2) is 0 Å². The van der Waals surface area contributed by atoms with Crippen LogP contribution in [0.2, 0.25) is 0 Å². The average molecular weight is 212 g/mol. The second kappa shape index (κ2) is 5.70. The summed E-state index contributed by atoms with van der Waals surface area (Å²) in [6.45, 7) is 2.47. The predicted octanol–water partition coefficient (Wildman–Crippen LogP) is -0.230. The molecular formula is C10H20N4O. The Kier molecular flexibility index (Phi) is 4.55. The highest BCUT2D eigenvalue weighted by atomic mass is 16.1. The van der Waals surface area contributed by atoms with E-state index in [1.54, 1.807) is 0 Å². The molecule has 5 nitrogen and oxygen atoms in total. The largest absolute Gasteiger partial charge is 0.388 e. The van der Waals surface area contributed by atoms with E-state index in [-0.39, 0.29) is 17.7 Å². The van der Waals surface area contributed by atoms with Crippen LogP contribution < -0.4 is 11.1 Å². The molecule has 0 atom stereocenters. The number of hydrogen-bond donors (Lipinski definition) is 3. The molecule has 86 valence electrons. The summed E-state index contributed by atoms with van der Waals surface area (Å²) in [6, 6.07) is 0. The smallest absolute Gasteiger partial charge is 0.223 e. The van der Waals surface area contributed by atoms with Crippen LogP contribution in [-0.4, -0.2) is 43.3 Å². The predicted molar refractivity (Wildman–Crippen MR) is 59.8 cm³/mol. The van der Waals surface area contributed by atoms with E-state index in [0.29, 0.717) is 13.0 Å². The standard InChI is InChI=1S/C10H20N4O/c1-14-6-3-8(4-7-14)10(15)13-5-2-9(11)12/h8H,2-7H2,1H3,(H3,11,12)(H,13,15). The molecule has 0 aromatic carbocycles. The molecule has 1 amide bonds. The van der Waals surface area contributed by atoms with Crippen molar-refractivity contribution in [3.05, 3.63) is 0 Å². The van der Waals surface area contributed by atoms with Crippen molar-refractivity contribution >= 4 is 11.7 Å². The Morgan fingerprint density at radius 2 is 2.13 bits per heavy atom. The van der Waals surface area contributed by atoms with Crippen LogP contribution in [0.4, 0.5) is 0 Å². The van der Waals surface area contributed by atoms with Crippen molar-refractivity contribution in [2.24, 2.45) is 11.7 Å². The van der Waals surface area contributed by atoms with Crippen LogP contribution in [0.3, 0.4) is 0 Å². The molecule has 5 heteroatoms. The number of carbonyl (C=O) groups excluding carboxylic acids is 1. The summed E-state index contributed by atoms with van der Waals surface area (Å²) in [5, 5.41) is 9.85. The first-order chi connectivity index (χ1) is 7.09. The molecule has 0 saturated carbocycles. The highest BCUT2D eigenvalue weighted by molar-refractivity contribution is 5.80. The van der Waals surface area contributed by atoms with Crippen molar-refractivity contribution in [2.45, 2.75) is 19.3 Å². The van der Waals surface area contributed by atoms with Gasteiger partial charge in [0.25, 0.3) is 0 Å². The van der Waals surface area contributed by atoms with Gasteiger partial charge >= 0.3 is 0 Å². The van der Waals surface area contributed by atoms with E-state index in [0.717, 1.165) is 25.9 Å². The molecule has 4 N–H and O–H groups in total. The van der Waals surface area contributed by atoms with Gasteiger partial charge in [-0.3, -0.25) is 10.2 Å². The van der Waals surface area contributed by atoms with E-state index in [9.17, 15) is 4.79 Å². The Hall–Kier alpha value is -1.10. The zero-order chi connectivity index (χ0) is 11.3. The van der Waals surface area contributed by atoms with Crippen LogP contribution in [-0.2, 0) is 4.79 Å². The van der Waals surface area contributed by atoms with Gasteiger partial charge in [0.15, 0.2) is 0 Å². The van der Waals surface area contributed by atoms with Gasteiger partial charge in [0, 0.05) is 18.9 Å². The van der Waals surface area contributed by atoms with Crippen LogP contribution in [0.25, 0.3) is 0 Å². The van der Waals surface area contributed by atoms with Crippen LogP contribution in [0, 0.1) is 11.3 Å². The second-order valence-corrected chi connectivity index (χ2v) is 4.14.